The molecule has 0 aliphatic heterocycles. The quantitative estimate of drug-likeness (QED) is 0.180. The highest BCUT2D eigenvalue weighted by Crippen LogP contribution is 2.10. The zero-order valence-corrected chi connectivity index (χ0v) is 17.5. The van der Waals surface area contributed by atoms with Crippen LogP contribution in [0.25, 0.3) is 0 Å². The zero-order valence-electron chi connectivity index (χ0n) is 16.7. The summed E-state index contributed by atoms with van der Waals surface area (Å²) in [5, 5.41) is 12.5. The molecule has 0 aliphatic rings. The second-order valence-electron chi connectivity index (χ2n) is 7.83. The van der Waals surface area contributed by atoms with Crippen LogP contribution >= 0.6 is 0 Å². The van der Waals surface area contributed by atoms with Gasteiger partial charge in [-0.15, -0.1) is 0 Å². The fourth-order valence-electron chi connectivity index (χ4n) is 2.91. The second kappa shape index (κ2) is 13.5. The molecule has 0 saturated carbocycles. The predicted molar refractivity (Wildman–Crippen MR) is 102 cm³/mol. The first-order chi connectivity index (χ1) is 12.1. The normalized spacial score (nSPS) is 13.6. The molecule has 1 atom stereocenters. The Hall–Kier alpha value is -0.700. The average molecular weight is 395 g/mol. The van der Waals surface area contributed by atoms with Crippen LogP contribution in [0.1, 0.15) is 71.1 Å². The molecule has 1 unspecified atom stereocenters. The van der Waals surface area contributed by atoms with Crippen LogP contribution in [-0.2, 0) is 14.9 Å². The van der Waals surface area contributed by atoms with Crippen molar-refractivity contribution in [3.05, 3.63) is 0 Å². The number of likely N-dealkylation sites (N-methyl/N-ethyl adjacent to an activating group) is 1. The standard InChI is InChI=1S/C18H38N2O5S/c1-4-5-6-7-8-9-10-11-12-13-18(22)19-16-20(2,3)14-17(21)15-26(23,24)25/h17,21H,4-16H2,1-3H3,(H-,19,22,23,24,25). The summed E-state index contributed by atoms with van der Waals surface area (Å²) in [6, 6.07) is 0. The lowest BCUT2D eigenvalue weighted by Crippen LogP contribution is -2.52. The Kier molecular flexibility index (Phi) is 13.1. The van der Waals surface area contributed by atoms with Crippen molar-refractivity contribution in [1.29, 1.82) is 0 Å². The number of carbonyl (C=O) groups is 1. The van der Waals surface area contributed by atoms with Crippen LogP contribution in [0, 0.1) is 0 Å². The highest BCUT2D eigenvalue weighted by molar-refractivity contribution is 7.85. The lowest BCUT2D eigenvalue weighted by molar-refractivity contribution is -0.894. The van der Waals surface area contributed by atoms with Gasteiger partial charge in [-0.2, -0.15) is 0 Å². The average Bonchev–Trinajstić information content (AvgIpc) is 2.49. The van der Waals surface area contributed by atoms with E-state index in [4.69, 9.17) is 0 Å². The van der Waals surface area contributed by atoms with Crippen LogP contribution in [0.15, 0.2) is 0 Å². The Balaban J connectivity index is 3.76. The molecule has 0 spiro atoms. The van der Waals surface area contributed by atoms with E-state index in [9.17, 15) is 22.9 Å². The summed E-state index contributed by atoms with van der Waals surface area (Å²) in [4.78, 5) is 11.9. The maximum absolute atomic E-state index is 11.9. The molecule has 1 amide bonds. The lowest BCUT2D eigenvalue weighted by atomic mass is 10.1. The molecule has 0 aromatic carbocycles. The first kappa shape index (κ1) is 25.3. The predicted octanol–water partition coefficient (Wildman–Crippen LogP) is 1.96. The second-order valence-corrected chi connectivity index (χ2v) is 9.28. The summed E-state index contributed by atoms with van der Waals surface area (Å²) in [6.45, 7) is 2.58. The highest BCUT2D eigenvalue weighted by atomic mass is 32.2. The monoisotopic (exact) mass is 394 g/mol. The third-order valence-electron chi connectivity index (χ3n) is 4.31. The molecule has 0 saturated heterocycles. The number of amides is 1. The van der Waals surface area contributed by atoms with Gasteiger partial charge in [0.15, 0.2) is 6.67 Å². The summed E-state index contributed by atoms with van der Waals surface area (Å²) in [5.41, 5.74) is 0. The van der Waals surface area contributed by atoms with E-state index in [0.29, 0.717) is 6.42 Å². The number of nitrogens with zero attached hydrogens (tertiary/aromatic N) is 1. The van der Waals surface area contributed by atoms with Gasteiger partial charge >= 0.3 is 0 Å². The summed E-state index contributed by atoms with van der Waals surface area (Å²) in [6.07, 6.45) is 10.1. The molecule has 0 heterocycles. The van der Waals surface area contributed by atoms with Gasteiger partial charge in [-0.1, -0.05) is 58.3 Å². The van der Waals surface area contributed by atoms with Gasteiger partial charge in [0.25, 0.3) is 0 Å². The summed E-state index contributed by atoms with van der Waals surface area (Å²) in [5.74, 6) is -0.841. The summed E-state index contributed by atoms with van der Waals surface area (Å²) in [7, 11) is -0.924. The summed E-state index contributed by atoms with van der Waals surface area (Å²) >= 11 is 0. The molecule has 2 N–H and O–H groups in total. The van der Waals surface area contributed by atoms with Crippen LogP contribution in [-0.4, -0.2) is 67.6 Å². The Morgan fingerprint density at radius 1 is 1.04 bits per heavy atom. The number of nitrogens with one attached hydrogen (secondary N) is 1. The number of unbranched alkanes of at least 4 members (excludes halogenated alkanes) is 8. The Morgan fingerprint density at radius 2 is 1.54 bits per heavy atom. The number of hydrogen-bond acceptors (Lipinski definition) is 5. The molecule has 8 heteroatoms. The number of rotatable bonds is 16. The van der Waals surface area contributed by atoms with Gasteiger partial charge in [0.1, 0.15) is 12.6 Å². The van der Waals surface area contributed by atoms with Gasteiger partial charge in [-0.3, -0.25) is 4.79 Å². The van der Waals surface area contributed by atoms with E-state index >= 15 is 0 Å². The number of quaternary nitrogens is 1. The van der Waals surface area contributed by atoms with Crippen LogP contribution in [0.2, 0.25) is 0 Å². The first-order valence-corrected chi connectivity index (χ1v) is 11.3. The molecule has 0 aromatic rings. The fourth-order valence-corrected chi connectivity index (χ4v) is 3.49. The van der Waals surface area contributed by atoms with E-state index in [1.165, 1.54) is 38.5 Å². The number of aliphatic hydroxyl groups excluding tert-OH is 1. The maximum atomic E-state index is 11.9. The van der Waals surface area contributed by atoms with Gasteiger partial charge in [-0.05, 0) is 6.42 Å². The molecule has 0 bridgehead atoms. The van der Waals surface area contributed by atoms with Crippen LogP contribution < -0.4 is 5.32 Å². The number of aliphatic hydroxyl groups is 1. The van der Waals surface area contributed by atoms with Gasteiger partial charge in [0, 0.05) is 6.42 Å². The van der Waals surface area contributed by atoms with Crippen molar-refractivity contribution < 1.29 is 27.4 Å². The van der Waals surface area contributed by atoms with Crippen molar-refractivity contribution in [2.75, 3.05) is 33.1 Å². The molecule has 0 aliphatic carbocycles. The largest absolute Gasteiger partial charge is 0.748 e. The molecular weight excluding hydrogens is 356 g/mol. The third-order valence-corrected chi connectivity index (χ3v) is 5.11. The first-order valence-electron chi connectivity index (χ1n) is 9.76. The highest BCUT2D eigenvalue weighted by Gasteiger charge is 2.22. The third kappa shape index (κ3) is 16.8. The van der Waals surface area contributed by atoms with Crippen LogP contribution in [0.5, 0.6) is 0 Å². The minimum atomic E-state index is -4.45. The topological polar surface area (TPSA) is 107 Å². The van der Waals surface area contributed by atoms with Gasteiger partial charge in [0.2, 0.25) is 5.91 Å². The number of hydrogen-bond donors (Lipinski definition) is 2. The Labute approximate surface area is 159 Å². The van der Waals surface area contributed by atoms with E-state index < -0.39 is 22.0 Å². The molecule has 156 valence electrons. The van der Waals surface area contributed by atoms with Crippen molar-refractivity contribution >= 4 is 16.0 Å². The molecule has 26 heavy (non-hydrogen) atoms. The SMILES string of the molecule is CCCCCCCCCCCC(=O)NC[N+](C)(C)CC(O)CS(=O)(=O)[O-]. The summed E-state index contributed by atoms with van der Waals surface area (Å²) < 4.78 is 32.2. The number of carbonyl (C=O) groups excluding carboxylic acids is 1. The fraction of sp³-hybridized carbons (Fsp3) is 0.944. The van der Waals surface area contributed by atoms with E-state index in [-0.39, 0.29) is 23.6 Å². The van der Waals surface area contributed by atoms with Crippen molar-refractivity contribution in [2.45, 2.75) is 77.2 Å². The molecule has 0 fully saturated rings. The molecular formula is C18H38N2O5S. The Morgan fingerprint density at radius 3 is 2.04 bits per heavy atom. The molecule has 0 rings (SSSR count). The molecule has 7 nitrogen and oxygen atoms in total. The van der Waals surface area contributed by atoms with Crippen LogP contribution in [0.4, 0.5) is 0 Å². The zero-order chi connectivity index (χ0) is 20.1. The van der Waals surface area contributed by atoms with Crippen LogP contribution in [0.3, 0.4) is 0 Å². The van der Waals surface area contributed by atoms with Gasteiger partial charge in [-0.25, -0.2) is 8.42 Å². The molecule has 0 radical (unpaired) electrons. The van der Waals surface area contributed by atoms with Gasteiger partial charge < -0.3 is 19.5 Å². The van der Waals surface area contributed by atoms with Crippen molar-refractivity contribution in [2.24, 2.45) is 0 Å². The van der Waals surface area contributed by atoms with E-state index in [1.54, 1.807) is 14.1 Å². The minimum absolute atomic E-state index is 0.0370. The van der Waals surface area contributed by atoms with E-state index in [0.717, 1.165) is 19.3 Å². The minimum Gasteiger partial charge on any atom is -0.748 e. The van der Waals surface area contributed by atoms with Crippen molar-refractivity contribution in [3.8, 4) is 0 Å². The molecule has 0 aromatic heterocycles. The Bertz CT molecular complexity index is 480. The smallest absolute Gasteiger partial charge is 0.224 e. The maximum Gasteiger partial charge on any atom is 0.224 e. The van der Waals surface area contributed by atoms with Gasteiger partial charge in [0.05, 0.1) is 30.0 Å². The van der Waals surface area contributed by atoms with Crippen molar-refractivity contribution in [1.82, 2.24) is 5.32 Å². The van der Waals surface area contributed by atoms with E-state index in [1.807, 2.05) is 0 Å². The van der Waals surface area contributed by atoms with E-state index in [2.05, 4.69) is 12.2 Å². The van der Waals surface area contributed by atoms with Crippen molar-refractivity contribution in [3.63, 3.8) is 0 Å². The lowest BCUT2D eigenvalue weighted by Gasteiger charge is -2.32.